The molecule has 4 aromatic rings. The van der Waals surface area contributed by atoms with E-state index in [9.17, 15) is 14.0 Å². The minimum atomic E-state index is -0.675. The second-order valence-corrected chi connectivity index (χ2v) is 8.26. The molecule has 0 spiro atoms. The highest BCUT2D eigenvalue weighted by Crippen LogP contribution is 2.27. The maximum atomic E-state index is 14.1. The van der Waals surface area contributed by atoms with Crippen molar-refractivity contribution in [3.05, 3.63) is 82.3 Å². The van der Waals surface area contributed by atoms with Crippen molar-refractivity contribution < 1.29 is 18.7 Å². The van der Waals surface area contributed by atoms with Gasteiger partial charge in [0.25, 0.3) is 5.91 Å². The third kappa shape index (κ3) is 4.63. The molecular weight excluding hydrogens is 459 g/mol. The Labute approximate surface area is 200 Å². The highest BCUT2D eigenvalue weighted by atomic mass is 35.5. The third-order valence-electron chi connectivity index (χ3n) is 5.47. The van der Waals surface area contributed by atoms with Gasteiger partial charge in [-0.25, -0.2) is 14.2 Å². The molecular formula is C25H22ClFN4O3. The van der Waals surface area contributed by atoms with Crippen LogP contribution in [0, 0.1) is 12.7 Å². The molecule has 1 amide bonds. The zero-order chi connectivity index (χ0) is 24.4. The largest absolute Gasteiger partial charge is 0.452 e. The van der Waals surface area contributed by atoms with Gasteiger partial charge in [0.2, 0.25) is 0 Å². The molecule has 0 atom stereocenters. The number of likely N-dealkylation sites (N-methyl/N-ethyl adjacent to an activating group) is 1. The fourth-order valence-corrected chi connectivity index (χ4v) is 3.91. The van der Waals surface area contributed by atoms with Crippen molar-refractivity contribution in [3.63, 3.8) is 0 Å². The number of ether oxygens (including phenoxy) is 1. The van der Waals surface area contributed by atoms with Crippen LogP contribution in [0.15, 0.2) is 54.6 Å². The van der Waals surface area contributed by atoms with E-state index in [1.807, 2.05) is 30.3 Å². The van der Waals surface area contributed by atoms with Crippen LogP contribution in [0.1, 0.15) is 21.6 Å². The minimum Gasteiger partial charge on any atom is -0.452 e. The van der Waals surface area contributed by atoms with E-state index >= 15 is 0 Å². The number of rotatable bonds is 6. The molecule has 0 saturated heterocycles. The van der Waals surface area contributed by atoms with Crippen LogP contribution in [0.5, 0.6) is 0 Å². The van der Waals surface area contributed by atoms with Crippen LogP contribution in [0.2, 0.25) is 5.02 Å². The zero-order valence-electron chi connectivity index (χ0n) is 18.9. The number of aromatic nitrogens is 3. The van der Waals surface area contributed by atoms with Crippen LogP contribution in [0.3, 0.4) is 0 Å². The van der Waals surface area contributed by atoms with E-state index < -0.39 is 24.3 Å². The molecule has 0 radical (unpaired) electrons. The van der Waals surface area contributed by atoms with Gasteiger partial charge in [0.1, 0.15) is 5.82 Å². The zero-order valence-corrected chi connectivity index (χ0v) is 19.6. The standard InChI is InChI=1S/C25H22ClFN4O3/c1-15-23-17(12-21(16-8-5-4-6-9-16)28-24(23)31(3)29-15)25(33)34-14-22(32)30(2)13-18-19(26)10-7-11-20(18)27/h4-12H,13-14H2,1-3H3. The molecule has 7 nitrogen and oxygen atoms in total. The maximum absolute atomic E-state index is 14.1. The summed E-state index contributed by atoms with van der Waals surface area (Å²) >= 11 is 6.05. The first-order valence-electron chi connectivity index (χ1n) is 10.5. The Morgan fingerprint density at radius 2 is 1.88 bits per heavy atom. The second kappa shape index (κ2) is 9.61. The fraction of sp³-hybridized carbons (Fsp3) is 0.200. The highest BCUT2D eigenvalue weighted by Gasteiger charge is 2.22. The average Bonchev–Trinajstić information content (AvgIpc) is 3.12. The van der Waals surface area contributed by atoms with E-state index in [1.165, 1.54) is 24.1 Å². The molecule has 0 bridgehead atoms. The first-order chi connectivity index (χ1) is 16.3. The molecule has 174 valence electrons. The Morgan fingerprint density at radius 1 is 1.15 bits per heavy atom. The number of fused-ring (bicyclic) bond motifs is 1. The molecule has 0 aliphatic heterocycles. The van der Waals surface area contributed by atoms with Gasteiger partial charge in [-0.2, -0.15) is 5.10 Å². The predicted octanol–water partition coefficient (Wildman–Crippen LogP) is 4.55. The van der Waals surface area contributed by atoms with Crippen LogP contribution in [0.25, 0.3) is 22.3 Å². The van der Waals surface area contributed by atoms with Crippen molar-refractivity contribution in [2.45, 2.75) is 13.5 Å². The van der Waals surface area contributed by atoms with E-state index in [0.717, 1.165) is 5.56 Å². The normalized spacial score (nSPS) is 11.0. The number of pyridine rings is 1. The average molecular weight is 481 g/mol. The lowest BCUT2D eigenvalue weighted by atomic mass is 10.1. The van der Waals surface area contributed by atoms with Crippen molar-refractivity contribution in [1.82, 2.24) is 19.7 Å². The molecule has 2 aromatic carbocycles. The monoisotopic (exact) mass is 480 g/mol. The number of esters is 1. The van der Waals surface area contributed by atoms with Gasteiger partial charge in [-0.1, -0.05) is 48.0 Å². The first kappa shape index (κ1) is 23.4. The summed E-state index contributed by atoms with van der Waals surface area (Å²) in [5.74, 6) is -1.68. The number of benzene rings is 2. The van der Waals surface area contributed by atoms with Crippen molar-refractivity contribution in [3.8, 4) is 11.3 Å². The molecule has 9 heteroatoms. The molecule has 2 heterocycles. The van der Waals surface area contributed by atoms with Crippen molar-refractivity contribution in [2.75, 3.05) is 13.7 Å². The van der Waals surface area contributed by atoms with E-state index in [0.29, 0.717) is 22.4 Å². The quantitative estimate of drug-likeness (QED) is 0.378. The smallest absolute Gasteiger partial charge is 0.339 e. The molecule has 0 N–H and O–H groups in total. The molecule has 0 saturated carbocycles. The summed E-state index contributed by atoms with van der Waals surface area (Å²) < 4.78 is 21.0. The lowest BCUT2D eigenvalue weighted by molar-refractivity contribution is -0.133. The van der Waals surface area contributed by atoms with Gasteiger partial charge in [-0.15, -0.1) is 0 Å². The number of aryl methyl sites for hydroxylation is 2. The predicted molar refractivity (Wildman–Crippen MR) is 127 cm³/mol. The Kier molecular flexibility index (Phi) is 6.61. The van der Waals surface area contributed by atoms with Gasteiger partial charge in [-0.05, 0) is 25.1 Å². The maximum Gasteiger partial charge on any atom is 0.339 e. The highest BCUT2D eigenvalue weighted by molar-refractivity contribution is 6.31. The third-order valence-corrected chi connectivity index (χ3v) is 5.82. The number of hydrogen-bond donors (Lipinski definition) is 0. The van der Waals surface area contributed by atoms with Crippen LogP contribution >= 0.6 is 11.6 Å². The first-order valence-corrected chi connectivity index (χ1v) is 10.9. The Morgan fingerprint density at radius 3 is 2.59 bits per heavy atom. The molecule has 34 heavy (non-hydrogen) atoms. The van der Waals surface area contributed by atoms with Crippen LogP contribution in [-0.2, 0) is 23.1 Å². The van der Waals surface area contributed by atoms with E-state index in [1.54, 1.807) is 30.8 Å². The van der Waals surface area contributed by atoms with Gasteiger partial charge in [0.15, 0.2) is 12.3 Å². The Hall–Kier alpha value is -3.78. The van der Waals surface area contributed by atoms with Gasteiger partial charge in [0.05, 0.1) is 22.3 Å². The summed E-state index contributed by atoms with van der Waals surface area (Å²) in [6, 6.07) is 15.4. The summed E-state index contributed by atoms with van der Waals surface area (Å²) in [6.07, 6.45) is 0. The molecule has 0 aliphatic carbocycles. The molecule has 2 aromatic heterocycles. The van der Waals surface area contributed by atoms with E-state index in [-0.39, 0.29) is 22.7 Å². The second-order valence-electron chi connectivity index (χ2n) is 7.85. The number of nitrogens with zero attached hydrogens (tertiary/aromatic N) is 4. The molecule has 0 unspecified atom stereocenters. The van der Waals surface area contributed by atoms with Crippen molar-refractivity contribution in [2.24, 2.45) is 7.05 Å². The summed E-state index contributed by atoms with van der Waals surface area (Å²) in [6.45, 7) is 1.21. The van der Waals surface area contributed by atoms with Crippen LogP contribution in [0.4, 0.5) is 4.39 Å². The number of hydrogen-bond acceptors (Lipinski definition) is 5. The van der Waals surface area contributed by atoms with E-state index in [2.05, 4.69) is 10.1 Å². The topological polar surface area (TPSA) is 77.3 Å². The Bertz CT molecular complexity index is 1370. The SMILES string of the molecule is Cc1nn(C)c2nc(-c3ccccc3)cc(C(=O)OCC(=O)N(C)Cc3c(F)cccc3Cl)c12. The van der Waals surface area contributed by atoms with Gasteiger partial charge in [0, 0.05) is 36.8 Å². The number of carbonyl (C=O) groups is 2. The van der Waals surface area contributed by atoms with Crippen LogP contribution in [-0.4, -0.2) is 45.2 Å². The summed E-state index contributed by atoms with van der Waals surface area (Å²) in [4.78, 5) is 31.6. The lowest BCUT2D eigenvalue weighted by Crippen LogP contribution is -2.31. The molecule has 0 fully saturated rings. The molecule has 0 aliphatic rings. The lowest BCUT2D eigenvalue weighted by Gasteiger charge is -2.18. The number of halogens is 2. The van der Waals surface area contributed by atoms with Gasteiger partial charge >= 0.3 is 5.97 Å². The fourth-order valence-electron chi connectivity index (χ4n) is 3.69. The van der Waals surface area contributed by atoms with Crippen LogP contribution < -0.4 is 0 Å². The summed E-state index contributed by atoms with van der Waals surface area (Å²) in [7, 11) is 3.24. The van der Waals surface area contributed by atoms with Crippen molar-refractivity contribution in [1.29, 1.82) is 0 Å². The molecule has 4 rings (SSSR count). The van der Waals surface area contributed by atoms with Crippen molar-refractivity contribution >= 4 is 34.5 Å². The Balaban J connectivity index is 1.56. The number of carbonyl (C=O) groups excluding carboxylic acids is 2. The number of amides is 1. The summed E-state index contributed by atoms with van der Waals surface area (Å²) in [5.41, 5.74) is 3.02. The van der Waals surface area contributed by atoms with Gasteiger partial charge in [-0.3, -0.25) is 9.48 Å². The summed E-state index contributed by atoms with van der Waals surface area (Å²) in [5, 5.41) is 5.16. The van der Waals surface area contributed by atoms with E-state index in [4.69, 9.17) is 16.3 Å². The minimum absolute atomic E-state index is 0.0543. The van der Waals surface area contributed by atoms with Gasteiger partial charge < -0.3 is 9.64 Å².